The Hall–Kier alpha value is -0.820. The number of ether oxygens (including phenoxy) is 1. The summed E-state index contributed by atoms with van der Waals surface area (Å²) in [6.07, 6.45) is 3.18. The van der Waals surface area contributed by atoms with Crippen LogP contribution >= 0.6 is 12.4 Å². The van der Waals surface area contributed by atoms with E-state index in [9.17, 15) is 8.42 Å². The molecule has 132 valence electrons. The second-order valence-corrected chi connectivity index (χ2v) is 8.12. The van der Waals surface area contributed by atoms with E-state index in [2.05, 4.69) is 18.6 Å². The van der Waals surface area contributed by atoms with Crippen molar-refractivity contribution in [2.75, 3.05) is 13.2 Å². The molecule has 3 N–H and O–H groups in total. The van der Waals surface area contributed by atoms with Gasteiger partial charge in [0.15, 0.2) is 0 Å². The number of benzene rings is 1. The van der Waals surface area contributed by atoms with Gasteiger partial charge in [-0.25, -0.2) is 13.1 Å². The summed E-state index contributed by atoms with van der Waals surface area (Å²) in [5.74, 6) is 1.74. The molecule has 5 nitrogen and oxygen atoms in total. The molecule has 1 aromatic carbocycles. The number of nitrogens with one attached hydrogen (secondary N) is 1. The predicted octanol–water partition coefficient (Wildman–Crippen LogP) is 2.55. The Bertz CT molecular complexity index is 571. The molecule has 1 fully saturated rings. The van der Waals surface area contributed by atoms with Crippen LogP contribution in [-0.2, 0) is 10.0 Å². The summed E-state index contributed by atoms with van der Waals surface area (Å²) in [7, 11) is -3.50. The first-order chi connectivity index (χ1) is 10.4. The molecule has 2 rings (SSSR count). The lowest BCUT2D eigenvalue weighted by Gasteiger charge is -2.13. The summed E-state index contributed by atoms with van der Waals surface area (Å²) in [6.45, 7) is 5.20. The lowest BCUT2D eigenvalue weighted by atomic mass is 10.1. The van der Waals surface area contributed by atoms with Gasteiger partial charge in [-0.3, -0.25) is 0 Å². The van der Waals surface area contributed by atoms with Crippen molar-refractivity contribution < 1.29 is 13.2 Å². The summed E-state index contributed by atoms with van der Waals surface area (Å²) in [4.78, 5) is 0.242. The Labute approximate surface area is 145 Å². The van der Waals surface area contributed by atoms with Gasteiger partial charge in [-0.2, -0.15) is 0 Å². The highest BCUT2D eigenvalue weighted by atomic mass is 35.5. The standard InChI is InChI=1S/C16H26N2O3S.ClH/c1-12(2)9-10-21-14-5-7-15(8-6-14)22(19,20)18-11-16(17)13-3-4-13;/h5-8,12-13,16,18H,3-4,9-11,17H2,1-2H3;1H. The molecule has 1 aliphatic carbocycles. The molecule has 1 saturated carbocycles. The first-order valence-corrected chi connectivity index (χ1v) is 9.35. The summed E-state index contributed by atoms with van der Waals surface area (Å²) < 4.78 is 32.5. The number of sulfonamides is 1. The van der Waals surface area contributed by atoms with E-state index in [0.717, 1.165) is 19.3 Å². The molecule has 0 amide bonds. The number of halogens is 1. The van der Waals surface area contributed by atoms with Crippen molar-refractivity contribution in [3.05, 3.63) is 24.3 Å². The molecule has 0 radical (unpaired) electrons. The maximum atomic E-state index is 12.2. The summed E-state index contributed by atoms with van der Waals surface area (Å²) >= 11 is 0. The highest BCUT2D eigenvalue weighted by Gasteiger charge is 2.29. The van der Waals surface area contributed by atoms with Crippen molar-refractivity contribution >= 4 is 22.4 Å². The van der Waals surface area contributed by atoms with Crippen molar-refractivity contribution in [3.8, 4) is 5.75 Å². The minimum absolute atomic E-state index is 0. The fourth-order valence-electron chi connectivity index (χ4n) is 2.11. The Morgan fingerprint density at radius 1 is 1.26 bits per heavy atom. The van der Waals surface area contributed by atoms with E-state index in [1.807, 2.05) is 0 Å². The molecule has 1 aliphatic rings. The van der Waals surface area contributed by atoms with Gasteiger partial charge in [0.25, 0.3) is 0 Å². The Morgan fingerprint density at radius 2 is 1.87 bits per heavy atom. The fourth-order valence-corrected chi connectivity index (χ4v) is 3.18. The highest BCUT2D eigenvalue weighted by Crippen LogP contribution is 2.31. The first kappa shape index (κ1) is 20.2. The molecule has 0 heterocycles. The van der Waals surface area contributed by atoms with Crippen LogP contribution in [0.15, 0.2) is 29.2 Å². The molecule has 0 aliphatic heterocycles. The van der Waals surface area contributed by atoms with Gasteiger partial charge in [0, 0.05) is 12.6 Å². The van der Waals surface area contributed by atoms with Crippen molar-refractivity contribution in [1.82, 2.24) is 4.72 Å². The van der Waals surface area contributed by atoms with Crippen LogP contribution in [0.2, 0.25) is 0 Å². The van der Waals surface area contributed by atoms with Crippen molar-refractivity contribution in [3.63, 3.8) is 0 Å². The van der Waals surface area contributed by atoms with E-state index in [-0.39, 0.29) is 23.3 Å². The van der Waals surface area contributed by atoms with Gasteiger partial charge in [-0.05, 0) is 55.4 Å². The number of hydrogen-bond donors (Lipinski definition) is 2. The number of nitrogens with two attached hydrogens (primary N) is 1. The van der Waals surface area contributed by atoms with Crippen LogP contribution in [0.5, 0.6) is 5.75 Å². The molecule has 7 heteroatoms. The smallest absolute Gasteiger partial charge is 0.240 e. The van der Waals surface area contributed by atoms with Gasteiger partial charge in [-0.1, -0.05) is 13.8 Å². The van der Waals surface area contributed by atoms with Crippen LogP contribution in [-0.4, -0.2) is 27.6 Å². The molecular formula is C16H27ClN2O3S. The first-order valence-electron chi connectivity index (χ1n) is 7.86. The van der Waals surface area contributed by atoms with Crippen LogP contribution in [0.3, 0.4) is 0 Å². The Morgan fingerprint density at radius 3 is 2.39 bits per heavy atom. The fraction of sp³-hybridized carbons (Fsp3) is 0.625. The SMILES string of the molecule is CC(C)CCOc1ccc(S(=O)(=O)NCC(N)C2CC2)cc1.Cl. The zero-order valence-electron chi connectivity index (χ0n) is 13.7. The van der Waals surface area contributed by atoms with Gasteiger partial charge < -0.3 is 10.5 Å². The van der Waals surface area contributed by atoms with E-state index in [1.54, 1.807) is 24.3 Å². The lowest BCUT2D eigenvalue weighted by Crippen LogP contribution is -2.38. The largest absolute Gasteiger partial charge is 0.494 e. The molecule has 1 unspecified atom stereocenters. The Kier molecular flexibility index (Phi) is 7.80. The van der Waals surface area contributed by atoms with Crippen LogP contribution in [0.1, 0.15) is 33.1 Å². The minimum atomic E-state index is -3.50. The van der Waals surface area contributed by atoms with Gasteiger partial charge in [0.05, 0.1) is 11.5 Å². The summed E-state index contributed by atoms with van der Waals surface area (Å²) in [5, 5.41) is 0. The quantitative estimate of drug-likeness (QED) is 0.707. The van der Waals surface area contributed by atoms with Crippen LogP contribution < -0.4 is 15.2 Å². The van der Waals surface area contributed by atoms with Gasteiger partial charge >= 0.3 is 0 Å². The predicted molar refractivity (Wildman–Crippen MR) is 94.5 cm³/mol. The molecule has 0 saturated heterocycles. The van der Waals surface area contributed by atoms with Gasteiger partial charge in [0.1, 0.15) is 5.75 Å². The second-order valence-electron chi connectivity index (χ2n) is 6.36. The third-order valence-electron chi connectivity index (χ3n) is 3.83. The van der Waals surface area contributed by atoms with Crippen LogP contribution in [0.4, 0.5) is 0 Å². The third-order valence-corrected chi connectivity index (χ3v) is 5.27. The van der Waals surface area contributed by atoms with E-state index in [0.29, 0.717) is 30.7 Å². The molecule has 0 aromatic heterocycles. The maximum Gasteiger partial charge on any atom is 0.240 e. The van der Waals surface area contributed by atoms with Crippen LogP contribution in [0, 0.1) is 11.8 Å². The van der Waals surface area contributed by atoms with E-state index < -0.39 is 10.0 Å². The lowest BCUT2D eigenvalue weighted by molar-refractivity contribution is 0.289. The van der Waals surface area contributed by atoms with Gasteiger partial charge in [0.2, 0.25) is 10.0 Å². The van der Waals surface area contributed by atoms with Crippen molar-refractivity contribution in [2.45, 2.75) is 44.0 Å². The molecule has 23 heavy (non-hydrogen) atoms. The average Bonchev–Trinajstić information content (AvgIpc) is 3.30. The summed E-state index contributed by atoms with van der Waals surface area (Å²) in [5.41, 5.74) is 5.92. The van der Waals surface area contributed by atoms with Crippen LogP contribution in [0.25, 0.3) is 0 Å². The van der Waals surface area contributed by atoms with Gasteiger partial charge in [-0.15, -0.1) is 12.4 Å². The maximum absolute atomic E-state index is 12.2. The number of hydrogen-bond acceptors (Lipinski definition) is 4. The van der Waals surface area contributed by atoms with Crippen molar-refractivity contribution in [1.29, 1.82) is 0 Å². The zero-order valence-corrected chi connectivity index (χ0v) is 15.3. The van der Waals surface area contributed by atoms with E-state index in [4.69, 9.17) is 10.5 Å². The molecule has 0 bridgehead atoms. The molecule has 0 spiro atoms. The van der Waals surface area contributed by atoms with E-state index in [1.165, 1.54) is 0 Å². The monoisotopic (exact) mass is 362 g/mol. The molecular weight excluding hydrogens is 336 g/mol. The second kappa shape index (κ2) is 8.87. The number of rotatable bonds is 9. The average molecular weight is 363 g/mol. The molecule has 1 aromatic rings. The molecule has 1 atom stereocenters. The van der Waals surface area contributed by atoms with E-state index >= 15 is 0 Å². The summed E-state index contributed by atoms with van der Waals surface area (Å²) in [6, 6.07) is 6.42. The zero-order chi connectivity index (χ0) is 16.2. The Balaban J connectivity index is 0.00000264. The van der Waals surface area contributed by atoms with Crippen molar-refractivity contribution in [2.24, 2.45) is 17.6 Å². The topological polar surface area (TPSA) is 81.4 Å². The minimum Gasteiger partial charge on any atom is -0.494 e. The third kappa shape index (κ3) is 6.67. The normalized spacial score (nSPS) is 16.0. The highest BCUT2D eigenvalue weighted by molar-refractivity contribution is 7.89.